The van der Waals surface area contributed by atoms with Crippen molar-refractivity contribution in [1.82, 2.24) is 9.38 Å². The van der Waals surface area contributed by atoms with Crippen LogP contribution in [0.25, 0.3) is 4.96 Å². The number of aldehydes is 1. The number of thiazole rings is 1. The van der Waals surface area contributed by atoms with Crippen molar-refractivity contribution in [3.63, 3.8) is 0 Å². The molecule has 2 aromatic heterocycles. The first kappa shape index (κ1) is 14.0. The molecule has 0 aliphatic carbocycles. The lowest BCUT2D eigenvalue weighted by Crippen LogP contribution is -1.95. The lowest BCUT2D eigenvalue weighted by Gasteiger charge is -2.06. The zero-order chi connectivity index (χ0) is 15.0. The molecular formula is C17H18N2OS. The third-order valence-electron chi connectivity index (χ3n) is 3.84. The quantitative estimate of drug-likeness (QED) is 0.675. The molecule has 0 radical (unpaired) electrons. The summed E-state index contributed by atoms with van der Waals surface area (Å²) < 4.78 is 1.94. The van der Waals surface area contributed by atoms with E-state index in [4.69, 9.17) is 0 Å². The van der Waals surface area contributed by atoms with Crippen LogP contribution < -0.4 is 0 Å². The van der Waals surface area contributed by atoms with E-state index in [1.54, 1.807) is 17.5 Å². The normalized spacial score (nSPS) is 11.4. The number of rotatable bonds is 4. The first-order valence-electron chi connectivity index (χ1n) is 7.10. The number of imidazole rings is 1. The van der Waals surface area contributed by atoms with Gasteiger partial charge < -0.3 is 0 Å². The Balaban J connectivity index is 1.92. The lowest BCUT2D eigenvalue weighted by atomic mass is 10.0. The Kier molecular flexibility index (Phi) is 3.64. The first-order valence-corrected chi connectivity index (χ1v) is 7.91. The van der Waals surface area contributed by atoms with Gasteiger partial charge in [-0.3, -0.25) is 9.20 Å². The topological polar surface area (TPSA) is 34.4 Å². The van der Waals surface area contributed by atoms with Gasteiger partial charge in [-0.15, -0.1) is 11.3 Å². The van der Waals surface area contributed by atoms with Crippen LogP contribution in [0.2, 0.25) is 0 Å². The smallest absolute Gasteiger partial charge is 0.194 e. The minimum Gasteiger partial charge on any atom is -0.296 e. The fraction of sp³-hybridized carbons (Fsp3) is 0.294. The average molecular weight is 298 g/mol. The van der Waals surface area contributed by atoms with Crippen LogP contribution >= 0.6 is 11.3 Å². The number of aromatic nitrogens is 2. The highest BCUT2D eigenvalue weighted by molar-refractivity contribution is 7.17. The van der Waals surface area contributed by atoms with Crippen LogP contribution in [-0.4, -0.2) is 15.7 Å². The van der Waals surface area contributed by atoms with Crippen molar-refractivity contribution in [2.24, 2.45) is 0 Å². The number of fused-ring (bicyclic) bond motifs is 1. The van der Waals surface area contributed by atoms with E-state index in [1.165, 1.54) is 16.0 Å². The van der Waals surface area contributed by atoms with Crippen molar-refractivity contribution < 1.29 is 4.79 Å². The Hall–Kier alpha value is -1.94. The number of aryl methyl sites for hydroxylation is 1. The van der Waals surface area contributed by atoms with Crippen LogP contribution in [0.1, 0.15) is 52.0 Å². The van der Waals surface area contributed by atoms with Crippen LogP contribution in [0.15, 0.2) is 30.5 Å². The van der Waals surface area contributed by atoms with Gasteiger partial charge in [0, 0.05) is 17.0 Å². The van der Waals surface area contributed by atoms with E-state index < -0.39 is 0 Å². The number of carbonyl (C=O) groups is 1. The second-order valence-corrected chi connectivity index (χ2v) is 6.66. The molecule has 0 amide bonds. The Bertz CT molecular complexity index is 781. The summed E-state index contributed by atoms with van der Waals surface area (Å²) in [6, 6.07) is 8.78. The first-order chi connectivity index (χ1) is 10.1. The van der Waals surface area contributed by atoms with Crippen LogP contribution in [0.4, 0.5) is 0 Å². The molecule has 0 aliphatic heterocycles. The van der Waals surface area contributed by atoms with E-state index in [9.17, 15) is 4.79 Å². The maximum atomic E-state index is 11.0. The van der Waals surface area contributed by atoms with E-state index in [0.29, 0.717) is 11.6 Å². The zero-order valence-electron chi connectivity index (χ0n) is 12.5. The second kappa shape index (κ2) is 5.45. The fourth-order valence-electron chi connectivity index (χ4n) is 2.52. The molecule has 3 aromatic rings. The van der Waals surface area contributed by atoms with Crippen molar-refractivity contribution in [2.45, 2.75) is 33.1 Å². The number of carbonyl (C=O) groups excluding carboxylic acids is 1. The second-order valence-electron chi connectivity index (χ2n) is 5.60. The summed E-state index contributed by atoms with van der Waals surface area (Å²) in [5.74, 6) is 0.556. The van der Waals surface area contributed by atoms with Gasteiger partial charge in [0.15, 0.2) is 11.2 Å². The van der Waals surface area contributed by atoms with E-state index in [2.05, 4.69) is 50.0 Å². The fourth-order valence-corrected chi connectivity index (χ4v) is 3.66. The molecule has 0 fully saturated rings. The van der Waals surface area contributed by atoms with Crippen LogP contribution in [0.5, 0.6) is 0 Å². The summed E-state index contributed by atoms with van der Waals surface area (Å²) in [6.45, 7) is 6.46. The molecule has 0 bridgehead atoms. The summed E-state index contributed by atoms with van der Waals surface area (Å²) in [7, 11) is 0. The molecule has 2 heterocycles. The SMILES string of the molecule is Cc1c(Cc2ccc(C(C)C)cc2)sc2ncc(C=O)n12. The van der Waals surface area contributed by atoms with Gasteiger partial charge in [0.2, 0.25) is 0 Å². The van der Waals surface area contributed by atoms with Gasteiger partial charge in [-0.2, -0.15) is 0 Å². The predicted molar refractivity (Wildman–Crippen MR) is 86.5 cm³/mol. The Morgan fingerprint density at radius 1 is 1.29 bits per heavy atom. The van der Waals surface area contributed by atoms with Crippen molar-refractivity contribution in [3.05, 3.63) is 57.9 Å². The predicted octanol–water partition coefficient (Wildman–Crippen LogP) is 4.23. The number of nitrogens with zero attached hydrogens (tertiary/aromatic N) is 2. The monoisotopic (exact) mass is 298 g/mol. The Morgan fingerprint density at radius 3 is 2.62 bits per heavy atom. The molecule has 0 aliphatic rings. The molecule has 0 saturated carbocycles. The van der Waals surface area contributed by atoms with Crippen molar-refractivity contribution in [1.29, 1.82) is 0 Å². The van der Waals surface area contributed by atoms with Crippen LogP contribution in [-0.2, 0) is 6.42 Å². The highest BCUT2D eigenvalue weighted by atomic mass is 32.1. The zero-order valence-corrected chi connectivity index (χ0v) is 13.3. The number of benzene rings is 1. The van der Waals surface area contributed by atoms with Crippen LogP contribution in [0.3, 0.4) is 0 Å². The summed E-state index contributed by atoms with van der Waals surface area (Å²) in [5, 5.41) is 0. The van der Waals surface area contributed by atoms with Gasteiger partial charge in [-0.25, -0.2) is 4.98 Å². The van der Waals surface area contributed by atoms with Gasteiger partial charge in [-0.1, -0.05) is 38.1 Å². The minimum absolute atomic E-state index is 0.556. The molecule has 1 aromatic carbocycles. The lowest BCUT2D eigenvalue weighted by molar-refractivity contribution is 0.111. The maximum Gasteiger partial charge on any atom is 0.194 e. The summed E-state index contributed by atoms with van der Waals surface area (Å²) in [6.07, 6.45) is 3.38. The molecule has 4 heteroatoms. The maximum absolute atomic E-state index is 11.0. The number of hydrogen-bond acceptors (Lipinski definition) is 3. The van der Waals surface area contributed by atoms with Crippen molar-refractivity contribution in [3.8, 4) is 0 Å². The third kappa shape index (κ3) is 2.51. The van der Waals surface area contributed by atoms with Crippen LogP contribution in [0, 0.1) is 6.92 Å². The largest absolute Gasteiger partial charge is 0.296 e. The Morgan fingerprint density at radius 2 is 2.00 bits per heavy atom. The van der Waals surface area contributed by atoms with E-state index >= 15 is 0 Å². The van der Waals surface area contributed by atoms with Gasteiger partial charge in [0.1, 0.15) is 5.69 Å². The van der Waals surface area contributed by atoms with Gasteiger partial charge >= 0.3 is 0 Å². The molecular weight excluding hydrogens is 280 g/mol. The molecule has 0 atom stereocenters. The molecule has 21 heavy (non-hydrogen) atoms. The highest BCUT2D eigenvalue weighted by Crippen LogP contribution is 2.26. The summed E-state index contributed by atoms with van der Waals surface area (Å²) in [4.78, 5) is 17.5. The van der Waals surface area contributed by atoms with Gasteiger partial charge in [0.05, 0.1) is 6.20 Å². The number of hydrogen-bond donors (Lipinski definition) is 0. The van der Waals surface area contributed by atoms with Gasteiger partial charge in [0.25, 0.3) is 0 Å². The molecule has 0 unspecified atom stereocenters. The van der Waals surface area contributed by atoms with Crippen molar-refractivity contribution in [2.75, 3.05) is 0 Å². The molecule has 3 rings (SSSR count). The molecule has 0 saturated heterocycles. The minimum atomic E-state index is 0.556. The van der Waals surface area contributed by atoms with E-state index in [1.807, 2.05) is 4.40 Å². The summed E-state index contributed by atoms with van der Waals surface area (Å²) >= 11 is 1.66. The third-order valence-corrected chi connectivity index (χ3v) is 5.00. The Labute approximate surface area is 128 Å². The summed E-state index contributed by atoms with van der Waals surface area (Å²) in [5.41, 5.74) is 4.39. The van der Waals surface area contributed by atoms with E-state index in [-0.39, 0.29) is 0 Å². The standard InChI is InChI=1S/C17H18N2OS/c1-11(2)14-6-4-13(5-7-14)8-16-12(3)19-15(10-20)9-18-17(19)21-16/h4-7,9-11H,8H2,1-3H3. The molecule has 108 valence electrons. The van der Waals surface area contributed by atoms with Crippen molar-refractivity contribution >= 4 is 22.6 Å². The van der Waals surface area contributed by atoms with E-state index in [0.717, 1.165) is 23.4 Å². The molecule has 0 N–H and O–H groups in total. The average Bonchev–Trinajstić information content (AvgIpc) is 3.01. The molecule has 0 spiro atoms. The highest BCUT2D eigenvalue weighted by Gasteiger charge is 2.13. The molecule has 3 nitrogen and oxygen atoms in total. The van der Waals surface area contributed by atoms with Gasteiger partial charge in [-0.05, 0) is 24.0 Å².